The SMILES string of the molecule is Cc1ccc([S@](=O)[C@H](C)[C@@H](O)C#N)cc1. The van der Waals surface area contributed by atoms with E-state index in [0.29, 0.717) is 4.90 Å². The van der Waals surface area contributed by atoms with Gasteiger partial charge < -0.3 is 5.11 Å². The first-order valence-electron chi connectivity index (χ1n) is 4.61. The Morgan fingerprint density at radius 2 is 1.93 bits per heavy atom. The van der Waals surface area contributed by atoms with Gasteiger partial charge in [0.25, 0.3) is 0 Å². The molecule has 0 radical (unpaired) electrons. The fourth-order valence-electron chi connectivity index (χ4n) is 1.11. The number of aliphatic hydroxyl groups is 1. The molecule has 0 spiro atoms. The molecule has 0 amide bonds. The Morgan fingerprint density at radius 1 is 1.40 bits per heavy atom. The molecule has 0 heterocycles. The van der Waals surface area contributed by atoms with Crippen molar-refractivity contribution in [1.29, 1.82) is 5.26 Å². The summed E-state index contributed by atoms with van der Waals surface area (Å²) in [6.07, 6.45) is -1.19. The van der Waals surface area contributed by atoms with E-state index in [4.69, 9.17) is 5.26 Å². The van der Waals surface area contributed by atoms with Gasteiger partial charge in [0.15, 0.2) is 6.10 Å². The quantitative estimate of drug-likeness (QED) is 0.787. The summed E-state index contributed by atoms with van der Waals surface area (Å²) in [6.45, 7) is 3.55. The van der Waals surface area contributed by atoms with Gasteiger partial charge in [-0.05, 0) is 26.0 Å². The molecule has 0 aliphatic heterocycles. The molecule has 80 valence electrons. The molecule has 3 atom stereocenters. The van der Waals surface area contributed by atoms with Crippen molar-refractivity contribution in [3.63, 3.8) is 0 Å². The van der Waals surface area contributed by atoms with Gasteiger partial charge in [0.05, 0.1) is 22.1 Å². The Bertz CT molecular complexity index is 394. The second-order valence-electron chi connectivity index (χ2n) is 3.39. The third-order valence-corrected chi connectivity index (χ3v) is 3.84. The molecule has 0 bridgehead atoms. The van der Waals surface area contributed by atoms with Crippen LogP contribution in [0.2, 0.25) is 0 Å². The van der Waals surface area contributed by atoms with Crippen molar-refractivity contribution in [3.05, 3.63) is 29.8 Å². The molecule has 0 fully saturated rings. The van der Waals surface area contributed by atoms with Crippen molar-refractivity contribution in [2.75, 3.05) is 0 Å². The molecule has 0 saturated heterocycles. The molecule has 1 rings (SSSR count). The number of nitriles is 1. The molecule has 0 unspecified atom stereocenters. The molecule has 0 aliphatic rings. The van der Waals surface area contributed by atoms with E-state index in [0.717, 1.165) is 5.56 Å². The van der Waals surface area contributed by atoms with E-state index in [1.807, 2.05) is 19.1 Å². The highest BCUT2D eigenvalue weighted by molar-refractivity contribution is 7.85. The van der Waals surface area contributed by atoms with E-state index in [1.54, 1.807) is 25.1 Å². The number of rotatable bonds is 3. The maximum atomic E-state index is 11.9. The Morgan fingerprint density at radius 3 is 2.40 bits per heavy atom. The molecule has 0 aliphatic carbocycles. The number of hydrogen-bond donors (Lipinski definition) is 1. The first kappa shape index (κ1) is 11.9. The maximum Gasteiger partial charge on any atom is 0.154 e. The van der Waals surface area contributed by atoms with E-state index in [1.165, 1.54) is 0 Å². The van der Waals surface area contributed by atoms with Crippen LogP contribution in [0.1, 0.15) is 12.5 Å². The largest absolute Gasteiger partial charge is 0.377 e. The zero-order chi connectivity index (χ0) is 11.4. The van der Waals surface area contributed by atoms with E-state index in [9.17, 15) is 9.32 Å². The smallest absolute Gasteiger partial charge is 0.154 e. The monoisotopic (exact) mass is 223 g/mol. The lowest BCUT2D eigenvalue weighted by atomic mass is 10.2. The third-order valence-electron chi connectivity index (χ3n) is 2.17. The van der Waals surface area contributed by atoms with E-state index >= 15 is 0 Å². The van der Waals surface area contributed by atoms with Crippen molar-refractivity contribution >= 4 is 10.8 Å². The molecule has 0 aromatic heterocycles. The average Bonchev–Trinajstić information content (AvgIpc) is 2.27. The normalized spacial score (nSPS) is 16.4. The van der Waals surface area contributed by atoms with Crippen LogP contribution in [0.25, 0.3) is 0 Å². The summed E-state index contributed by atoms with van der Waals surface area (Å²) in [6, 6.07) is 8.92. The highest BCUT2D eigenvalue weighted by atomic mass is 32.2. The number of aliphatic hydroxyl groups excluding tert-OH is 1. The molecule has 0 saturated carbocycles. The molecule has 15 heavy (non-hydrogen) atoms. The van der Waals surface area contributed by atoms with Crippen LogP contribution in [-0.2, 0) is 10.8 Å². The lowest BCUT2D eigenvalue weighted by molar-refractivity contribution is 0.230. The molecule has 3 nitrogen and oxygen atoms in total. The zero-order valence-electron chi connectivity index (χ0n) is 8.68. The fraction of sp³-hybridized carbons (Fsp3) is 0.364. The van der Waals surface area contributed by atoms with Crippen molar-refractivity contribution in [3.8, 4) is 6.07 Å². The summed E-state index contributed by atoms with van der Waals surface area (Å²) in [5, 5.41) is 17.2. The summed E-state index contributed by atoms with van der Waals surface area (Å²) in [5.74, 6) is 0. The minimum atomic E-state index is -1.34. The Labute approximate surface area is 91.8 Å². The second-order valence-corrected chi connectivity index (χ2v) is 5.20. The van der Waals surface area contributed by atoms with Gasteiger partial charge in [0, 0.05) is 4.90 Å². The molecular weight excluding hydrogens is 210 g/mol. The average molecular weight is 223 g/mol. The van der Waals surface area contributed by atoms with Crippen LogP contribution in [-0.4, -0.2) is 20.7 Å². The minimum absolute atomic E-state index is 0.572. The Kier molecular flexibility index (Phi) is 4.01. The summed E-state index contributed by atoms with van der Waals surface area (Å²) in [5.41, 5.74) is 1.09. The van der Waals surface area contributed by atoms with Gasteiger partial charge >= 0.3 is 0 Å². The number of benzene rings is 1. The lowest BCUT2D eigenvalue weighted by Crippen LogP contribution is -2.25. The molecule has 4 heteroatoms. The maximum absolute atomic E-state index is 11.9. The van der Waals surface area contributed by atoms with Crippen molar-refractivity contribution < 1.29 is 9.32 Å². The zero-order valence-corrected chi connectivity index (χ0v) is 9.49. The van der Waals surface area contributed by atoms with E-state index < -0.39 is 22.2 Å². The molecule has 1 aromatic rings. The predicted molar refractivity (Wildman–Crippen MR) is 58.7 cm³/mol. The van der Waals surface area contributed by atoms with Crippen LogP contribution >= 0.6 is 0 Å². The third kappa shape index (κ3) is 2.88. The summed E-state index contributed by atoms with van der Waals surface area (Å²) < 4.78 is 11.9. The standard InChI is InChI=1S/C11H13NO2S/c1-8-3-5-10(6-4-8)15(14)9(2)11(13)7-12/h3-6,9,11,13H,1-2H3/t9-,11+,15-/m1/s1. The summed E-state index contributed by atoms with van der Waals surface area (Å²) in [4.78, 5) is 0.641. The van der Waals surface area contributed by atoms with Crippen molar-refractivity contribution in [2.24, 2.45) is 0 Å². The Balaban J connectivity index is 2.86. The van der Waals surface area contributed by atoms with Gasteiger partial charge in [-0.25, -0.2) is 0 Å². The first-order valence-corrected chi connectivity index (χ1v) is 5.82. The van der Waals surface area contributed by atoms with Gasteiger partial charge in [-0.1, -0.05) is 17.7 Å². The summed E-state index contributed by atoms with van der Waals surface area (Å²) in [7, 11) is -1.34. The van der Waals surface area contributed by atoms with Crippen LogP contribution in [0.15, 0.2) is 29.2 Å². The van der Waals surface area contributed by atoms with Gasteiger partial charge in [-0.15, -0.1) is 0 Å². The molecule has 1 N–H and O–H groups in total. The Hall–Kier alpha value is -1.18. The van der Waals surface area contributed by atoms with Crippen LogP contribution < -0.4 is 0 Å². The molecular formula is C11H13NO2S. The number of aryl methyl sites for hydroxylation is 1. The van der Waals surface area contributed by atoms with Crippen molar-refractivity contribution in [2.45, 2.75) is 30.1 Å². The highest BCUT2D eigenvalue weighted by Gasteiger charge is 2.21. The van der Waals surface area contributed by atoms with Crippen LogP contribution in [0.4, 0.5) is 0 Å². The lowest BCUT2D eigenvalue weighted by Gasteiger charge is -2.12. The number of hydrogen-bond acceptors (Lipinski definition) is 3. The highest BCUT2D eigenvalue weighted by Crippen LogP contribution is 2.14. The van der Waals surface area contributed by atoms with Crippen LogP contribution in [0, 0.1) is 18.3 Å². The van der Waals surface area contributed by atoms with Crippen molar-refractivity contribution in [1.82, 2.24) is 0 Å². The molecule has 1 aromatic carbocycles. The van der Waals surface area contributed by atoms with Gasteiger partial charge in [-0.3, -0.25) is 4.21 Å². The topological polar surface area (TPSA) is 61.1 Å². The first-order chi connectivity index (χ1) is 7.06. The van der Waals surface area contributed by atoms with Crippen LogP contribution in [0.3, 0.4) is 0 Å². The van der Waals surface area contributed by atoms with E-state index in [-0.39, 0.29) is 0 Å². The number of nitrogens with zero attached hydrogens (tertiary/aromatic N) is 1. The van der Waals surface area contributed by atoms with Gasteiger partial charge in [0.2, 0.25) is 0 Å². The van der Waals surface area contributed by atoms with Gasteiger partial charge in [0.1, 0.15) is 0 Å². The summed E-state index contributed by atoms with van der Waals surface area (Å²) >= 11 is 0. The van der Waals surface area contributed by atoms with E-state index in [2.05, 4.69) is 0 Å². The second kappa shape index (κ2) is 5.06. The minimum Gasteiger partial charge on any atom is -0.377 e. The fourth-order valence-corrected chi connectivity index (χ4v) is 2.24. The predicted octanol–water partition coefficient (Wildman–Crippen LogP) is 1.38. The van der Waals surface area contributed by atoms with Gasteiger partial charge in [-0.2, -0.15) is 5.26 Å². The van der Waals surface area contributed by atoms with Crippen LogP contribution in [0.5, 0.6) is 0 Å².